The minimum absolute atomic E-state index is 0.224. The molecule has 35 heavy (non-hydrogen) atoms. The van der Waals surface area contributed by atoms with Gasteiger partial charge in [0.15, 0.2) is 0 Å². The number of hydrogen-bond acceptors (Lipinski definition) is 8. The highest BCUT2D eigenvalue weighted by molar-refractivity contribution is 6.40. The number of nitrogens with zero attached hydrogens (tertiary/aromatic N) is 4. The van der Waals surface area contributed by atoms with Gasteiger partial charge in [-0.1, -0.05) is 30.1 Å². The quantitative estimate of drug-likeness (QED) is 0.404. The molecule has 11 heteroatoms. The van der Waals surface area contributed by atoms with Crippen LogP contribution in [0.5, 0.6) is 0 Å². The standard InChI is InChI=1S/C24H27Cl2N7O2/c1-3-27-14-16-11-18(25)22(19(26)12-16)23(34)30-17-4-5-28-20(13-17)31-21-10-15(2)29-24(32-21)33-6-8-35-9-7-33/h4-5,10-13,27H,3,6-9,14H2,1-2H3,(H2,28,29,30,31,32,34). The fourth-order valence-corrected chi connectivity index (χ4v) is 4.34. The predicted octanol–water partition coefficient (Wildman–Crippen LogP) is 4.43. The van der Waals surface area contributed by atoms with E-state index in [1.807, 2.05) is 19.9 Å². The Labute approximate surface area is 214 Å². The first-order valence-corrected chi connectivity index (χ1v) is 12.1. The lowest BCUT2D eigenvalue weighted by Gasteiger charge is -2.27. The first kappa shape index (κ1) is 25.1. The van der Waals surface area contributed by atoms with Gasteiger partial charge in [0, 0.05) is 49.3 Å². The molecule has 9 nitrogen and oxygen atoms in total. The fraction of sp³-hybridized carbons (Fsp3) is 0.333. The number of carbonyl (C=O) groups is 1. The summed E-state index contributed by atoms with van der Waals surface area (Å²) in [5, 5.41) is 9.84. The maximum absolute atomic E-state index is 12.9. The summed E-state index contributed by atoms with van der Waals surface area (Å²) < 4.78 is 5.41. The minimum Gasteiger partial charge on any atom is -0.378 e. The monoisotopic (exact) mass is 515 g/mol. The number of pyridine rings is 1. The molecule has 0 bridgehead atoms. The van der Waals surface area contributed by atoms with Gasteiger partial charge in [-0.15, -0.1) is 0 Å². The molecule has 0 unspecified atom stereocenters. The normalized spacial score (nSPS) is 13.5. The Kier molecular flexibility index (Phi) is 8.35. The molecule has 3 aromatic rings. The van der Waals surface area contributed by atoms with Gasteiger partial charge in [-0.2, -0.15) is 4.98 Å². The molecule has 0 aliphatic carbocycles. The van der Waals surface area contributed by atoms with Gasteiger partial charge >= 0.3 is 0 Å². The molecule has 1 amide bonds. The summed E-state index contributed by atoms with van der Waals surface area (Å²) in [5.41, 5.74) is 2.50. The molecule has 1 aromatic carbocycles. The zero-order valence-electron chi connectivity index (χ0n) is 19.6. The van der Waals surface area contributed by atoms with Crippen LogP contribution in [0.2, 0.25) is 10.0 Å². The zero-order valence-corrected chi connectivity index (χ0v) is 21.1. The summed E-state index contributed by atoms with van der Waals surface area (Å²) in [5.74, 6) is 1.37. The van der Waals surface area contributed by atoms with Crippen LogP contribution in [-0.4, -0.2) is 53.7 Å². The largest absolute Gasteiger partial charge is 0.378 e. The Morgan fingerprint density at radius 3 is 2.54 bits per heavy atom. The van der Waals surface area contributed by atoms with Crippen LogP contribution in [-0.2, 0) is 11.3 Å². The van der Waals surface area contributed by atoms with E-state index >= 15 is 0 Å². The number of morpholine rings is 1. The maximum atomic E-state index is 12.9. The molecular weight excluding hydrogens is 489 g/mol. The molecule has 1 aliphatic heterocycles. The summed E-state index contributed by atoms with van der Waals surface area (Å²) in [4.78, 5) is 28.5. The summed E-state index contributed by atoms with van der Waals surface area (Å²) >= 11 is 12.8. The molecule has 4 rings (SSSR count). The molecule has 0 atom stereocenters. The minimum atomic E-state index is -0.403. The van der Waals surface area contributed by atoms with Crippen molar-refractivity contribution in [2.75, 3.05) is 48.4 Å². The van der Waals surface area contributed by atoms with Crippen molar-refractivity contribution in [3.8, 4) is 0 Å². The Balaban J connectivity index is 1.48. The molecule has 1 fully saturated rings. The second-order valence-electron chi connectivity index (χ2n) is 8.02. The number of aryl methyl sites for hydroxylation is 1. The number of ether oxygens (including phenoxy) is 1. The van der Waals surface area contributed by atoms with Gasteiger partial charge in [-0.05, 0) is 37.2 Å². The molecule has 0 radical (unpaired) electrons. The lowest BCUT2D eigenvalue weighted by Crippen LogP contribution is -2.37. The molecule has 184 valence electrons. The van der Waals surface area contributed by atoms with Crippen LogP contribution in [0.3, 0.4) is 0 Å². The van der Waals surface area contributed by atoms with E-state index in [0.29, 0.717) is 53.1 Å². The van der Waals surface area contributed by atoms with Gasteiger partial charge in [0.2, 0.25) is 5.95 Å². The van der Waals surface area contributed by atoms with Crippen LogP contribution in [0.4, 0.5) is 23.3 Å². The Morgan fingerprint density at radius 1 is 1.09 bits per heavy atom. The van der Waals surface area contributed by atoms with E-state index in [1.54, 1.807) is 30.5 Å². The number of halogens is 2. The van der Waals surface area contributed by atoms with Gasteiger partial charge in [-0.3, -0.25) is 4.79 Å². The van der Waals surface area contributed by atoms with E-state index in [2.05, 4.69) is 35.8 Å². The number of nitrogens with one attached hydrogen (secondary N) is 3. The van der Waals surface area contributed by atoms with Crippen molar-refractivity contribution in [3.05, 3.63) is 63.4 Å². The van der Waals surface area contributed by atoms with E-state index in [-0.39, 0.29) is 5.56 Å². The van der Waals surface area contributed by atoms with Gasteiger partial charge < -0.3 is 25.6 Å². The van der Waals surface area contributed by atoms with E-state index in [1.165, 1.54) is 0 Å². The number of hydrogen-bond donors (Lipinski definition) is 3. The highest BCUT2D eigenvalue weighted by Gasteiger charge is 2.18. The van der Waals surface area contributed by atoms with Crippen molar-refractivity contribution < 1.29 is 9.53 Å². The third-order valence-corrected chi connectivity index (χ3v) is 5.91. The van der Waals surface area contributed by atoms with Crippen LogP contribution in [0.15, 0.2) is 36.5 Å². The van der Waals surface area contributed by atoms with Gasteiger partial charge in [0.1, 0.15) is 11.6 Å². The van der Waals surface area contributed by atoms with Gasteiger partial charge in [-0.25, -0.2) is 9.97 Å². The molecule has 1 saturated heterocycles. The number of amides is 1. The van der Waals surface area contributed by atoms with E-state index in [4.69, 9.17) is 27.9 Å². The summed E-state index contributed by atoms with van der Waals surface area (Å²) in [6, 6.07) is 8.73. The van der Waals surface area contributed by atoms with Crippen LogP contribution in [0.25, 0.3) is 0 Å². The SMILES string of the molecule is CCNCc1cc(Cl)c(C(=O)Nc2ccnc(Nc3cc(C)nc(N4CCOCC4)n3)c2)c(Cl)c1. The molecule has 0 saturated carbocycles. The predicted molar refractivity (Wildman–Crippen MR) is 139 cm³/mol. The number of aromatic nitrogens is 3. The lowest BCUT2D eigenvalue weighted by molar-refractivity contribution is 0.102. The van der Waals surface area contributed by atoms with Crippen molar-refractivity contribution in [1.82, 2.24) is 20.3 Å². The molecule has 1 aliphatic rings. The second kappa shape index (κ2) is 11.6. The number of benzene rings is 1. The lowest BCUT2D eigenvalue weighted by atomic mass is 10.1. The smallest absolute Gasteiger partial charge is 0.258 e. The van der Waals surface area contributed by atoms with Crippen molar-refractivity contribution in [3.63, 3.8) is 0 Å². The van der Waals surface area contributed by atoms with E-state index in [9.17, 15) is 4.79 Å². The topological polar surface area (TPSA) is 104 Å². The van der Waals surface area contributed by atoms with E-state index in [0.717, 1.165) is 30.9 Å². The summed E-state index contributed by atoms with van der Waals surface area (Å²) in [6.45, 7) is 8.14. The van der Waals surface area contributed by atoms with Crippen molar-refractivity contribution >= 4 is 52.4 Å². The summed E-state index contributed by atoms with van der Waals surface area (Å²) in [6.07, 6.45) is 1.59. The van der Waals surface area contributed by atoms with Gasteiger partial charge in [0.25, 0.3) is 5.91 Å². The second-order valence-corrected chi connectivity index (χ2v) is 8.83. The Bertz CT molecular complexity index is 1180. The number of carbonyl (C=O) groups excluding carboxylic acids is 1. The van der Waals surface area contributed by atoms with Crippen molar-refractivity contribution in [2.24, 2.45) is 0 Å². The maximum Gasteiger partial charge on any atom is 0.258 e. The highest BCUT2D eigenvalue weighted by atomic mass is 35.5. The Morgan fingerprint density at radius 2 is 1.83 bits per heavy atom. The average Bonchev–Trinajstić information content (AvgIpc) is 2.83. The molecule has 0 spiro atoms. The van der Waals surface area contributed by atoms with Crippen molar-refractivity contribution in [2.45, 2.75) is 20.4 Å². The average molecular weight is 516 g/mol. The summed E-state index contributed by atoms with van der Waals surface area (Å²) in [7, 11) is 0. The first-order valence-electron chi connectivity index (χ1n) is 11.3. The zero-order chi connectivity index (χ0) is 24.8. The van der Waals surface area contributed by atoms with Crippen LogP contribution < -0.4 is 20.9 Å². The molecular formula is C24H27Cl2N7O2. The molecule has 3 N–H and O–H groups in total. The number of rotatable bonds is 8. The third-order valence-electron chi connectivity index (χ3n) is 5.32. The van der Waals surface area contributed by atoms with Gasteiger partial charge in [0.05, 0.1) is 28.8 Å². The molecule has 3 heterocycles. The molecule has 2 aromatic heterocycles. The van der Waals surface area contributed by atoms with E-state index < -0.39 is 5.91 Å². The third kappa shape index (κ3) is 6.58. The van der Waals surface area contributed by atoms with Crippen molar-refractivity contribution in [1.29, 1.82) is 0 Å². The highest BCUT2D eigenvalue weighted by Crippen LogP contribution is 2.28. The number of anilines is 4. The van der Waals surface area contributed by atoms with Crippen LogP contribution in [0, 0.1) is 6.92 Å². The Hall–Kier alpha value is -2.98. The van der Waals surface area contributed by atoms with Crippen LogP contribution in [0.1, 0.15) is 28.5 Å². The first-order chi connectivity index (χ1) is 16.9. The fourth-order valence-electron chi connectivity index (χ4n) is 3.64. The van der Waals surface area contributed by atoms with Crippen LogP contribution >= 0.6 is 23.2 Å².